The highest BCUT2D eigenvalue weighted by molar-refractivity contribution is 14.1. The Morgan fingerprint density at radius 1 is 1.57 bits per heavy atom. The van der Waals surface area contributed by atoms with Gasteiger partial charge in [-0.25, -0.2) is 0 Å². The van der Waals surface area contributed by atoms with Gasteiger partial charge in [0.05, 0.1) is 5.56 Å². The molecule has 0 atom stereocenters. The molecule has 1 amide bonds. The second-order valence-corrected chi connectivity index (χ2v) is 4.29. The fourth-order valence-corrected chi connectivity index (χ4v) is 1.98. The van der Waals surface area contributed by atoms with Crippen molar-refractivity contribution in [1.29, 1.82) is 0 Å². The Kier molecular flexibility index (Phi) is 3.74. The highest BCUT2D eigenvalue weighted by Crippen LogP contribution is 2.20. The lowest BCUT2D eigenvalue weighted by atomic mass is 10.1. The second kappa shape index (κ2) is 4.63. The van der Waals surface area contributed by atoms with Gasteiger partial charge in [0.2, 0.25) is 0 Å². The molecule has 0 fully saturated rings. The number of rotatable bonds is 2. The van der Waals surface area contributed by atoms with Crippen LogP contribution in [0.5, 0.6) is 0 Å². The molecule has 14 heavy (non-hydrogen) atoms. The molecule has 1 aromatic rings. The van der Waals surface area contributed by atoms with Gasteiger partial charge in [0.1, 0.15) is 0 Å². The van der Waals surface area contributed by atoms with E-state index in [0.29, 0.717) is 17.8 Å². The summed E-state index contributed by atoms with van der Waals surface area (Å²) in [7, 11) is 0. The third kappa shape index (κ3) is 2.37. The summed E-state index contributed by atoms with van der Waals surface area (Å²) in [4.78, 5) is 11.6. The number of benzene rings is 1. The number of nitrogens with one attached hydrogen (secondary N) is 1. The predicted molar refractivity (Wildman–Crippen MR) is 66.3 cm³/mol. The van der Waals surface area contributed by atoms with Gasteiger partial charge in [-0.1, -0.05) is 0 Å². The molecule has 0 saturated heterocycles. The second-order valence-electron chi connectivity index (χ2n) is 3.04. The van der Waals surface area contributed by atoms with E-state index in [4.69, 9.17) is 5.73 Å². The van der Waals surface area contributed by atoms with Crippen LogP contribution < -0.4 is 11.1 Å². The molecule has 3 N–H and O–H groups in total. The van der Waals surface area contributed by atoms with E-state index < -0.39 is 0 Å². The zero-order valence-corrected chi connectivity index (χ0v) is 10.4. The highest BCUT2D eigenvalue weighted by atomic mass is 127. The minimum atomic E-state index is -0.105. The van der Waals surface area contributed by atoms with Gasteiger partial charge in [-0.15, -0.1) is 0 Å². The lowest BCUT2D eigenvalue weighted by molar-refractivity contribution is 0.0956. The Labute approximate surface area is 97.2 Å². The first-order valence-corrected chi connectivity index (χ1v) is 5.48. The van der Waals surface area contributed by atoms with Gasteiger partial charge in [-0.2, -0.15) is 0 Å². The number of anilines is 1. The van der Waals surface area contributed by atoms with Crippen molar-refractivity contribution in [2.75, 3.05) is 12.3 Å². The van der Waals surface area contributed by atoms with E-state index in [-0.39, 0.29) is 5.91 Å². The first-order valence-electron chi connectivity index (χ1n) is 4.40. The lowest BCUT2D eigenvalue weighted by Crippen LogP contribution is -2.24. The monoisotopic (exact) mass is 304 g/mol. The van der Waals surface area contributed by atoms with Gasteiger partial charge in [-0.05, 0) is 54.1 Å². The Bertz CT molecular complexity index is 363. The first-order chi connectivity index (χ1) is 6.56. The number of nitrogens with two attached hydrogens (primary N) is 1. The van der Waals surface area contributed by atoms with Crippen molar-refractivity contribution in [2.24, 2.45) is 0 Å². The molecule has 0 aliphatic heterocycles. The summed E-state index contributed by atoms with van der Waals surface area (Å²) in [5.74, 6) is -0.105. The smallest absolute Gasteiger partial charge is 0.253 e. The van der Waals surface area contributed by atoms with Crippen LogP contribution in [0.2, 0.25) is 0 Å². The minimum absolute atomic E-state index is 0.105. The van der Waals surface area contributed by atoms with Crippen LogP contribution in [-0.4, -0.2) is 12.5 Å². The summed E-state index contributed by atoms with van der Waals surface area (Å²) in [6.45, 7) is 4.40. The van der Waals surface area contributed by atoms with Crippen LogP contribution in [0.4, 0.5) is 5.69 Å². The van der Waals surface area contributed by atoms with Gasteiger partial charge in [0, 0.05) is 15.8 Å². The third-order valence-electron chi connectivity index (χ3n) is 1.93. The molecule has 1 aromatic carbocycles. The van der Waals surface area contributed by atoms with Crippen LogP contribution in [0.15, 0.2) is 12.1 Å². The fourth-order valence-electron chi connectivity index (χ4n) is 1.20. The van der Waals surface area contributed by atoms with Crippen molar-refractivity contribution in [3.05, 3.63) is 26.8 Å². The Hall–Kier alpha value is -0.780. The first kappa shape index (κ1) is 11.3. The van der Waals surface area contributed by atoms with E-state index >= 15 is 0 Å². The van der Waals surface area contributed by atoms with Crippen LogP contribution >= 0.6 is 22.6 Å². The Morgan fingerprint density at radius 2 is 2.21 bits per heavy atom. The number of carbonyl (C=O) groups is 1. The Balaban J connectivity index is 3.13. The average molecular weight is 304 g/mol. The van der Waals surface area contributed by atoms with E-state index in [0.717, 1.165) is 9.13 Å². The number of nitrogen functional groups attached to an aromatic ring is 1. The molecule has 0 unspecified atom stereocenters. The van der Waals surface area contributed by atoms with E-state index in [1.54, 1.807) is 6.07 Å². The maximum Gasteiger partial charge on any atom is 0.253 e. The molecule has 1 rings (SSSR count). The molecule has 0 bridgehead atoms. The van der Waals surface area contributed by atoms with Crippen molar-refractivity contribution in [1.82, 2.24) is 5.32 Å². The normalized spacial score (nSPS) is 9.93. The lowest BCUT2D eigenvalue weighted by Gasteiger charge is -2.08. The third-order valence-corrected chi connectivity index (χ3v) is 2.56. The van der Waals surface area contributed by atoms with Gasteiger partial charge >= 0.3 is 0 Å². The summed E-state index contributed by atoms with van der Waals surface area (Å²) >= 11 is 2.17. The molecule has 0 aliphatic carbocycles. The Morgan fingerprint density at radius 3 is 2.79 bits per heavy atom. The molecule has 4 heteroatoms. The van der Waals surface area contributed by atoms with Crippen molar-refractivity contribution in [3.8, 4) is 0 Å². The summed E-state index contributed by atoms with van der Waals surface area (Å²) in [6.07, 6.45) is 0. The van der Waals surface area contributed by atoms with Gasteiger partial charge in [-0.3, -0.25) is 4.79 Å². The summed E-state index contributed by atoms with van der Waals surface area (Å²) in [5, 5.41) is 2.73. The van der Waals surface area contributed by atoms with Crippen molar-refractivity contribution >= 4 is 34.2 Å². The molecular weight excluding hydrogens is 291 g/mol. The summed E-state index contributed by atoms with van der Waals surface area (Å²) in [5.41, 5.74) is 7.89. The fraction of sp³-hybridized carbons (Fsp3) is 0.300. The van der Waals surface area contributed by atoms with Crippen molar-refractivity contribution in [2.45, 2.75) is 13.8 Å². The molecule has 0 aromatic heterocycles. The van der Waals surface area contributed by atoms with Crippen LogP contribution in [0, 0.1) is 10.5 Å². The maximum absolute atomic E-state index is 11.6. The van der Waals surface area contributed by atoms with E-state index in [1.807, 2.05) is 19.9 Å². The molecule has 3 nitrogen and oxygen atoms in total. The standard InChI is InChI=1S/C10H13IN2O/c1-3-13-10(14)8-5-7(11)4-6(2)9(8)12/h4-5H,3,12H2,1-2H3,(H,13,14). The number of hydrogen-bond donors (Lipinski definition) is 2. The predicted octanol–water partition coefficient (Wildman–Crippen LogP) is 1.93. The molecule has 0 radical (unpaired) electrons. The molecule has 76 valence electrons. The molecule has 0 spiro atoms. The topological polar surface area (TPSA) is 55.1 Å². The van der Waals surface area contributed by atoms with E-state index in [1.165, 1.54) is 0 Å². The van der Waals surface area contributed by atoms with Crippen LogP contribution in [0.1, 0.15) is 22.8 Å². The highest BCUT2D eigenvalue weighted by Gasteiger charge is 2.11. The molecular formula is C10H13IN2O. The number of carbonyl (C=O) groups excluding carboxylic acids is 1. The minimum Gasteiger partial charge on any atom is -0.398 e. The van der Waals surface area contributed by atoms with Gasteiger partial charge < -0.3 is 11.1 Å². The van der Waals surface area contributed by atoms with E-state index in [9.17, 15) is 4.79 Å². The zero-order valence-electron chi connectivity index (χ0n) is 8.23. The molecule has 0 saturated carbocycles. The van der Waals surface area contributed by atoms with E-state index in [2.05, 4.69) is 27.9 Å². The molecule has 0 aliphatic rings. The van der Waals surface area contributed by atoms with Crippen molar-refractivity contribution < 1.29 is 4.79 Å². The number of amides is 1. The largest absolute Gasteiger partial charge is 0.398 e. The summed E-state index contributed by atoms with van der Waals surface area (Å²) in [6, 6.07) is 3.76. The number of halogens is 1. The average Bonchev–Trinajstić information content (AvgIpc) is 2.11. The quantitative estimate of drug-likeness (QED) is 0.648. The number of aryl methyl sites for hydroxylation is 1. The maximum atomic E-state index is 11.6. The van der Waals surface area contributed by atoms with Gasteiger partial charge in [0.25, 0.3) is 5.91 Å². The van der Waals surface area contributed by atoms with Gasteiger partial charge in [0.15, 0.2) is 0 Å². The van der Waals surface area contributed by atoms with Crippen LogP contribution in [0.3, 0.4) is 0 Å². The molecule has 0 heterocycles. The number of hydrogen-bond acceptors (Lipinski definition) is 2. The van der Waals surface area contributed by atoms with Crippen LogP contribution in [0.25, 0.3) is 0 Å². The van der Waals surface area contributed by atoms with Crippen molar-refractivity contribution in [3.63, 3.8) is 0 Å². The summed E-state index contributed by atoms with van der Waals surface area (Å²) < 4.78 is 1.02. The zero-order chi connectivity index (χ0) is 10.7. The van der Waals surface area contributed by atoms with Crippen LogP contribution in [-0.2, 0) is 0 Å². The SMILES string of the molecule is CCNC(=O)c1cc(I)cc(C)c1N.